The molecule has 0 atom stereocenters. The Hall–Kier alpha value is -1.62. The predicted octanol–water partition coefficient (Wildman–Crippen LogP) is 1.52. The van der Waals surface area contributed by atoms with Gasteiger partial charge in [0.25, 0.3) is 0 Å². The van der Waals surface area contributed by atoms with Crippen molar-refractivity contribution in [2.24, 2.45) is 5.10 Å². The lowest BCUT2D eigenvalue weighted by Crippen LogP contribution is -2.29. The molecule has 0 spiro atoms. The van der Waals surface area contributed by atoms with Crippen molar-refractivity contribution in [2.75, 3.05) is 7.05 Å². The molecule has 3 N–H and O–H groups in total. The molecule has 0 radical (unpaired) electrons. The first kappa shape index (κ1) is 12.4. The van der Waals surface area contributed by atoms with Gasteiger partial charge in [0.15, 0.2) is 5.11 Å². The van der Waals surface area contributed by atoms with E-state index in [9.17, 15) is 5.11 Å². The number of nitrogens with one attached hydrogen (secondary N) is 2. The van der Waals surface area contributed by atoms with Crippen molar-refractivity contribution in [3.8, 4) is 5.75 Å². The molecular weight excluding hydrogens is 222 g/mol. The maximum absolute atomic E-state index is 9.67. The number of aryl methyl sites for hydroxylation is 1. The van der Waals surface area contributed by atoms with Crippen LogP contribution in [0, 0.1) is 6.92 Å². The van der Waals surface area contributed by atoms with Gasteiger partial charge < -0.3 is 10.4 Å². The van der Waals surface area contributed by atoms with Gasteiger partial charge in [0, 0.05) is 12.6 Å². The Kier molecular flexibility index (Phi) is 4.25. The third-order valence-corrected chi connectivity index (χ3v) is 2.39. The Morgan fingerprint density at radius 3 is 2.75 bits per heavy atom. The lowest BCUT2D eigenvalue weighted by atomic mass is 10.1. The van der Waals surface area contributed by atoms with Gasteiger partial charge >= 0.3 is 0 Å². The van der Waals surface area contributed by atoms with Gasteiger partial charge in [0.1, 0.15) is 5.75 Å². The number of hydrogen-bond donors (Lipinski definition) is 3. The van der Waals surface area contributed by atoms with Crippen molar-refractivity contribution >= 4 is 23.0 Å². The zero-order chi connectivity index (χ0) is 12.1. The summed E-state index contributed by atoms with van der Waals surface area (Å²) in [7, 11) is 1.71. The van der Waals surface area contributed by atoms with Gasteiger partial charge in [0.2, 0.25) is 0 Å². The number of phenols is 1. The van der Waals surface area contributed by atoms with Crippen LogP contribution in [0.4, 0.5) is 0 Å². The predicted molar refractivity (Wildman–Crippen MR) is 69.8 cm³/mol. The SMILES string of the molecule is CNC(=S)N/N=C(\C)c1cc(C)ccc1O. The van der Waals surface area contributed by atoms with Crippen molar-refractivity contribution in [3.63, 3.8) is 0 Å². The summed E-state index contributed by atoms with van der Waals surface area (Å²) in [4.78, 5) is 0. The van der Waals surface area contributed by atoms with Crippen LogP contribution in [-0.2, 0) is 0 Å². The Balaban J connectivity index is 2.91. The van der Waals surface area contributed by atoms with E-state index in [-0.39, 0.29) is 5.75 Å². The summed E-state index contributed by atoms with van der Waals surface area (Å²) < 4.78 is 0. The molecule has 16 heavy (non-hydrogen) atoms. The molecule has 1 aromatic rings. The van der Waals surface area contributed by atoms with E-state index in [1.54, 1.807) is 20.0 Å². The van der Waals surface area contributed by atoms with E-state index in [0.717, 1.165) is 5.56 Å². The molecule has 0 saturated carbocycles. The van der Waals surface area contributed by atoms with Crippen molar-refractivity contribution in [1.29, 1.82) is 0 Å². The van der Waals surface area contributed by atoms with Crippen molar-refractivity contribution < 1.29 is 5.11 Å². The van der Waals surface area contributed by atoms with Crippen LogP contribution in [0.15, 0.2) is 23.3 Å². The second kappa shape index (κ2) is 5.46. The average molecular weight is 237 g/mol. The van der Waals surface area contributed by atoms with Gasteiger partial charge in [-0.1, -0.05) is 11.6 Å². The fourth-order valence-corrected chi connectivity index (χ4v) is 1.24. The molecule has 0 saturated heterocycles. The Bertz CT molecular complexity index is 429. The van der Waals surface area contributed by atoms with E-state index in [1.807, 2.05) is 19.1 Å². The number of rotatable bonds is 2. The van der Waals surface area contributed by atoms with Gasteiger partial charge in [0.05, 0.1) is 5.71 Å². The summed E-state index contributed by atoms with van der Waals surface area (Å²) in [5, 5.41) is 16.9. The molecule has 0 aliphatic carbocycles. The van der Waals surface area contributed by atoms with Crippen LogP contribution in [0.3, 0.4) is 0 Å². The minimum absolute atomic E-state index is 0.212. The monoisotopic (exact) mass is 237 g/mol. The van der Waals surface area contributed by atoms with Gasteiger partial charge in [-0.25, -0.2) is 0 Å². The highest BCUT2D eigenvalue weighted by atomic mass is 32.1. The van der Waals surface area contributed by atoms with Crippen molar-refractivity contribution in [1.82, 2.24) is 10.7 Å². The number of hydrogen-bond acceptors (Lipinski definition) is 3. The summed E-state index contributed by atoms with van der Waals surface area (Å²) in [6.07, 6.45) is 0. The molecule has 86 valence electrons. The van der Waals surface area contributed by atoms with Gasteiger partial charge in [-0.15, -0.1) is 0 Å². The van der Waals surface area contributed by atoms with E-state index in [1.165, 1.54) is 0 Å². The Morgan fingerprint density at radius 2 is 2.12 bits per heavy atom. The quantitative estimate of drug-likeness (QED) is 0.415. The number of aromatic hydroxyl groups is 1. The van der Waals surface area contributed by atoms with E-state index >= 15 is 0 Å². The van der Waals surface area contributed by atoms with Crippen molar-refractivity contribution in [2.45, 2.75) is 13.8 Å². The van der Waals surface area contributed by atoms with Crippen LogP contribution in [0.5, 0.6) is 5.75 Å². The third kappa shape index (κ3) is 3.20. The maximum Gasteiger partial charge on any atom is 0.186 e. The zero-order valence-electron chi connectivity index (χ0n) is 9.53. The third-order valence-electron chi connectivity index (χ3n) is 2.09. The van der Waals surface area contributed by atoms with Crippen molar-refractivity contribution in [3.05, 3.63) is 29.3 Å². The maximum atomic E-state index is 9.67. The first-order valence-electron chi connectivity index (χ1n) is 4.86. The molecule has 0 aliphatic heterocycles. The van der Waals surface area contributed by atoms with Crippen LogP contribution in [0.25, 0.3) is 0 Å². The normalized spacial score (nSPS) is 11.1. The highest BCUT2D eigenvalue weighted by Gasteiger charge is 2.04. The minimum atomic E-state index is 0.212. The van der Waals surface area contributed by atoms with Crippen LogP contribution in [-0.4, -0.2) is 23.0 Å². The molecule has 0 amide bonds. The number of thiocarbonyl (C=S) groups is 1. The lowest BCUT2D eigenvalue weighted by Gasteiger charge is -2.06. The summed E-state index contributed by atoms with van der Waals surface area (Å²) in [5.41, 5.74) is 5.12. The second-order valence-electron chi connectivity index (χ2n) is 3.41. The first-order valence-corrected chi connectivity index (χ1v) is 5.27. The highest BCUT2D eigenvalue weighted by Crippen LogP contribution is 2.18. The molecule has 0 heterocycles. The summed E-state index contributed by atoms with van der Waals surface area (Å²) >= 11 is 4.89. The fraction of sp³-hybridized carbons (Fsp3) is 0.273. The van der Waals surface area contributed by atoms with Crippen LogP contribution >= 0.6 is 12.2 Å². The van der Waals surface area contributed by atoms with Crippen LogP contribution in [0.1, 0.15) is 18.1 Å². The molecule has 1 aromatic carbocycles. The van der Waals surface area contributed by atoms with Gasteiger partial charge in [-0.2, -0.15) is 5.10 Å². The van der Waals surface area contributed by atoms with Gasteiger partial charge in [-0.05, 0) is 38.2 Å². The topological polar surface area (TPSA) is 56.7 Å². The number of benzene rings is 1. The number of hydrazone groups is 1. The molecule has 0 aromatic heterocycles. The van der Waals surface area contributed by atoms with E-state index in [4.69, 9.17) is 12.2 Å². The highest BCUT2D eigenvalue weighted by molar-refractivity contribution is 7.80. The first-order chi connectivity index (χ1) is 7.54. The number of nitrogens with zero attached hydrogens (tertiary/aromatic N) is 1. The fourth-order valence-electron chi connectivity index (χ4n) is 1.19. The lowest BCUT2D eigenvalue weighted by molar-refractivity contribution is 0.474. The Labute approximate surface area is 100 Å². The van der Waals surface area contributed by atoms with Crippen LogP contribution < -0.4 is 10.7 Å². The minimum Gasteiger partial charge on any atom is -0.507 e. The Morgan fingerprint density at radius 1 is 1.44 bits per heavy atom. The molecule has 5 heteroatoms. The van der Waals surface area contributed by atoms with E-state index in [2.05, 4.69) is 15.8 Å². The standard InChI is InChI=1S/C11H15N3OS/c1-7-4-5-10(15)9(6-7)8(2)13-14-11(16)12-3/h4-6,15H,1-3H3,(H2,12,14,16)/b13-8+. The molecule has 0 unspecified atom stereocenters. The summed E-state index contributed by atoms with van der Waals surface area (Å²) in [6, 6.07) is 5.37. The molecule has 0 fully saturated rings. The second-order valence-corrected chi connectivity index (χ2v) is 3.82. The molecule has 1 rings (SSSR count). The molecule has 0 aliphatic rings. The summed E-state index contributed by atoms with van der Waals surface area (Å²) in [6.45, 7) is 3.77. The average Bonchev–Trinajstić information content (AvgIpc) is 2.28. The largest absolute Gasteiger partial charge is 0.507 e. The van der Waals surface area contributed by atoms with E-state index < -0.39 is 0 Å². The van der Waals surface area contributed by atoms with Crippen LogP contribution in [0.2, 0.25) is 0 Å². The zero-order valence-corrected chi connectivity index (χ0v) is 10.4. The number of phenolic OH excluding ortho intramolecular Hbond substituents is 1. The molecule has 4 nitrogen and oxygen atoms in total. The molecule has 0 bridgehead atoms. The summed E-state index contributed by atoms with van der Waals surface area (Å²) in [5.74, 6) is 0.212. The molecular formula is C11H15N3OS. The van der Waals surface area contributed by atoms with Gasteiger partial charge in [-0.3, -0.25) is 5.43 Å². The van der Waals surface area contributed by atoms with E-state index in [0.29, 0.717) is 16.4 Å². The smallest absolute Gasteiger partial charge is 0.186 e.